The fourth-order valence-electron chi connectivity index (χ4n) is 3.67. The van der Waals surface area contributed by atoms with Crippen LogP contribution in [-0.4, -0.2) is 40.2 Å². The maximum atomic E-state index is 13.5. The molecule has 0 bridgehead atoms. The van der Waals surface area contributed by atoms with Gasteiger partial charge in [0.2, 0.25) is 0 Å². The second-order valence-corrected chi connectivity index (χ2v) is 11.0. The molecule has 11 heteroatoms. The minimum absolute atomic E-state index is 0.0133. The van der Waals surface area contributed by atoms with Gasteiger partial charge < -0.3 is 9.47 Å². The molecule has 0 heterocycles. The third kappa shape index (κ3) is 7.50. The summed E-state index contributed by atoms with van der Waals surface area (Å²) in [5, 5.41) is 4.12. The Balaban J connectivity index is 1.46. The molecule has 1 amide bonds. The molecule has 0 aromatic heterocycles. The van der Waals surface area contributed by atoms with Crippen LogP contribution >= 0.6 is 11.6 Å². The lowest BCUT2D eigenvalue weighted by atomic mass is 10.2. The first-order valence-electron chi connectivity index (χ1n) is 12.3. The number of hydrazone groups is 1. The Morgan fingerprint density at radius 2 is 1.63 bits per heavy atom. The van der Waals surface area contributed by atoms with Crippen LogP contribution in [0.2, 0.25) is 5.02 Å². The number of carbonyl (C=O) groups is 2. The van der Waals surface area contributed by atoms with Gasteiger partial charge in [-0.2, -0.15) is 5.10 Å². The van der Waals surface area contributed by atoms with Crippen molar-refractivity contribution < 1.29 is 27.5 Å². The van der Waals surface area contributed by atoms with E-state index < -0.39 is 28.4 Å². The van der Waals surface area contributed by atoms with Crippen LogP contribution in [0.25, 0.3) is 0 Å². The third-order valence-electron chi connectivity index (χ3n) is 5.82. The maximum absolute atomic E-state index is 13.5. The summed E-state index contributed by atoms with van der Waals surface area (Å²) in [6.07, 6.45) is 1.38. The van der Waals surface area contributed by atoms with E-state index in [1.807, 2.05) is 6.92 Å². The van der Waals surface area contributed by atoms with Gasteiger partial charge in [-0.25, -0.2) is 18.6 Å². The number of esters is 1. The molecule has 1 N–H and O–H groups in total. The summed E-state index contributed by atoms with van der Waals surface area (Å²) in [7, 11) is -2.69. The van der Waals surface area contributed by atoms with Gasteiger partial charge in [-0.15, -0.1) is 0 Å². The van der Waals surface area contributed by atoms with E-state index in [1.165, 1.54) is 43.7 Å². The van der Waals surface area contributed by atoms with Crippen molar-refractivity contribution in [3.8, 4) is 11.5 Å². The fraction of sp³-hybridized carbons (Fsp3) is 0.100. The first kappa shape index (κ1) is 29.3. The van der Waals surface area contributed by atoms with E-state index in [-0.39, 0.29) is 15.6 Å². The number of benzene rings is 4. The van der Waals surface area contributed by atoms with E-state index >= 15 is 0 Å². The van der Waals surface area contributed by atoms with Gasteiger partial charge in [0.15, 0.2) is 0 Å². The van der Waals surface area contributed by atoms with Crippen LogP contribution < -0.4 is 19.2 Å². The van der Waals surface area contributed by atoms with Crippen molar-refractivity contribution in [2.45, 2.75) is 11.8 Å². The van der Waals surface area contributed by atoms with E-state index in [2.05, 4.69) is 10.5 Å². The number of anilines is 1. The van der Waals surface area contributed by atoms with Crippen LogP contribution in [0.15, 0.2) is 107 Å². The van der Waals surface area contributed by atoms with Crippen molar-refractivity contribution in [2.24, 2.45) is 5.10 Å². The Morgan fingerprint density at radius 1 is 0.951 bits per heavy atom. The van der Waals surface area contributed by atoms with Gasteiger partial charge in [0, 0.05) is 0 Å². The SMILES string of the molecule is COc1ccc(N(CC(=O)N/N=C\c2ccc(OC(=O)c3ccccc3)cc2)S(=O)(=O)c2ccc(C)cc2)cc1Cl. The molecule has 0 spiro atoms. The molecule has 4 aromatic carbocycles. The molecular weight excluding hydrogens is 566 g/mol. The highest BCUT2D eigenvalue weighted by molar-refractivity contribution is 7.92. The molecule has 0 aliphatic carbocycles. The molecule has 0 atom stereocenters. The Bertz CT molecular complexity index is 1660. The zero-order valence-electron chi connectivity index (χ0n) is 22.2. The number of hydrogen-bond acceptors (Lipinski definition) is 7. The summed E-state index contributed by atoms with van der Waals surface area (Å²) in [4.78, 5) is 25.0. The van der Waals surface area contributed by atoms with E-state index in [9.17, 15) is 18.0 Å². The molecule has 0 fully saturated rings. The molecule has 0 unspecified atom stereocenters. The lowest BCUT2D eigenvalue weighted by molar-refractivity contribution is -0.119. The van der Waals surface area contributed by atoms with Crippen LogP contribution in [0.1, 0.15) is 21.5 Å². The predicted molar refractivity (Wildman–Crippen MR) is 157 cm³/mol. The molecule has 0 saturated heterocycles. The number of aryl methyl sites for hydroxylation is 1. The molecular formula is C30H26ClN3O6S. The van der Waals surface area contributed by atoms with E-state index in [1.54, 1.807) is 66.7 Å². The van der Waals surface area contributed by atoms with Crippen molar-refractivity contribution >= 4 is 45.4 Å². The zero-order valence-corrected chi connectivity index (χ0v) is 23.7. The number of amides is 1. The van der Waals surface area contributed by atoms with Gasteiger partial charge in [0.25, 0.3) is 15.9 Å². The lowest BCUT2D eigenvalue weighted by Crippen LogP contribution is -2.39. The fourth-order valence-corrected chi connectivity index (χ4v) is 5.33. The average Bonchev–Trinajstić information content (AvgIpc) is 2.97. The number of nitrogens with zero attached hydrogens (tertiary/aromatic N) is 2. The third-order valence-corrected chi connectivity index (χ3v) is 7.91. The Kier molecular flexibility index (Phi) is 9.38. The van der Waals surface area contributed by atoms with Gasteiger partial charge in [-0.1, -0.05) is 47.5 Å². The minimum Gasteiger partial charge on any atom is -0.495 e. The average molecular weight is 592 g/mol. The van der Waals surface area contributed by atoms with Gasteiger partial charge in [0.1, 0.15) is 18.0 Å². The first-order valence-corrected chi connectivity index (χ1v) is 14.1. The van der Waals surface area contributed by atoms with Crippen LogP contribution in [-0.2, 0) is 14.8 Å². The molecule has 41 heavy (non-hydrogen) atoms. The van der Waals surface area contributed by atoms with Crippen LogP contribution in [0.4, 0.5) is 5.69 Å². The summed E-state index contributed by atoms with van der Waals surface area (Å²) in [6.45, 7) is 1.28. The summed E-state index contributed by atoms with van der Waals surface area (Å²) in [6, 6.07) is 25.8. The second-order valence-electron chi connectivity index (χ2n) is 8.76. The number of sulfonamides is 1. The summed E-state index contributed by atoms with van der Waals surface area (Å²) in [5.41, 5.74) is 4.45. The number of nitrogens with one attached hydrogen (secondary N) is 1. The number of halogens is 1. The Hall–Kier alpha value is -4.67. The summed E-state index contributed by atoms with van der Waals surface area (Å²) in [5.74, 6) is -0.465. The molecule has 4 rings (SSSR count). The van der Waals surface area contributed by atoms with Crippen molar-refractivity contribution in [2.75, 3.05) is 18.0 Å². The van der Waals surface area contributed by atoms with E-state index in [0.717, 1.165) is 9.87 Å². The number of hydrogen-bond donors (Lipinski definition) is 1. The van der Waals surface area contributed by atoms with E-state index in [4.69, 9.17) is 21.1 Å². The molecule has 210 valence electrons. The molecule has 0 radical (unpaired) electrons. The lowest BCUT2D eigenvalue weighted by Gasteiger charge is -2.24. The van der Waals surface area contributed by atoms with Crippen molar-refractivity contribution in [3.05, 3.63) is 119 Å². The van der Waals surface area contributed by atoms with Gasteiger partial charge in [0.05, 0.1) is 34.5 Å². The van der Waals surface area contributed by atoms with Crippen LogP contribution in [0.3, 0.4) is 0 Å². The highest BCUT2D eigenvalue weighted by Gasteiger charge is 2.28. The largest absolute Gasteiger partial charge is 0.495 e. The summed E-state index contributed by atoms with van der Waals surface area (Å²) < 4.78 is 38.5. The maximum Gasteiger partial charge on any atom is 0.343 e. The van der Waals surface area contributed by atoms with Crippen molar-refractivity contribution in [1.82, 2.24) is 5.43 Å². The number of carbonyl (C=O) groups excluding carboxylic acids is 2. The summed E-state index contributed by atoms with van der Waals surface area (Å²) >= 11 is 6.25. The van der Waals surface area contributed by atoms with Gasteiger partial charge >= 0.3 is 5.97 Å². The van der Waals surface area contributed by atoms with Crippen LogP contribution in [0, 0.1) is 6.92 Å². The number of methoxy groups -OCH3 is 1. The van der Waals surface area contributed by atoms with E-state index in [0.29, 0.717) is 22.6 Å². The first-order chi connectivity index (χ1) is 19.7. The second kappa shape index (κ2) is 13.1. The smallest absolute Gasteiger partial charge is 0.343 e. The van der Waals surface area contributed by atoms with Crippen molar-refractivity contribution in [3.63, 3.8) is 0 Å². The van der Waals surface area contributed by atoms with Gasteiger partial charge in [-0.3, -0.25) is 9.10 Å². The highest BCUT2D eigenvalue weighted by atomic mass is 35.5. The Morgan fingerprint density at radius 3 is 2.27 bits per heavy atom. The highest BCUT2D eigenvalue weighted by Crippen LogP contribution is 2.32. The predicted octanol–water partition coefficient (Wildman–Crippen LogP) is 5.22. The molecule has 4 aromatic rings. The molecule has 0 aliphatic rings. The Labute approximate surface area is 243 Å². The monoisotopic (exact) mass is 591 g/mol. The van der Waals surface area contributed by atoms with Crippen LogP contribution in [0.5, 0.6) is 11.5 Å². The molecule has 0 aliphatic heterocycles. The normalized spacial score (nSPS) is 11.2. The molecule has 9 nitrogen and oxygen atoms in total. The zero-order chi connectivity index (χ0) is 29.4. The minimum atomic E-state index is -4.13. The number of ether oxygens (including phenoxy) is 2. The topological polar surface area (TPSA) is 114 Å². The van der Waals surface area contributed by atoms with Gasteiger partial charge in [-0.05, 0) is 79.2 Å². The quantitative estimate of drug-likeness (QED) is 0.117. The molecule has 0 saturated carbocycles. The standard InChI is InChI=1S/C30H26ClN3O6S/c1-21-8-15-26(16-9-21)41(37,38)34(24-12-17-28(39-2)27(31)18-24)20-29(35)33-32-19-22-10-13-25(14-11-22)40-30(36)23-6-4-3-5-7-23/h3-19H,20H2,1-2H3,(H,33,35)/b32-19-. The number of rotatable bonds is 10. The van der Waals surface area contributed by atoms with Crippen molar-refractivity contribution in [1.29, 1.82) is 0 Å².